The van der Waals surface area contributed by atoms with E-state index in [2.05, 4.69) is 5.43 Å². The Morgan fingerprint density at radius 1 is 1.20 bits per heavy atom. The molecule has 0 radical (unpaired) electrons. The van der Waals surface area contributed by atoms with Gasteiger partial charge in [0.2, 0.25) is 0 Å². The number of nitrogens with one attached hydrogen (secondary N) is 1. The summed E-state index contributed by atoms with van der Waals surface area (Å²) in [6.07, 6.45) is -4.22. The summed E-state index contributed by atoms with van der Waals surface area (Å²) in [5, 5.41) is 0. The second kappa shape index (κ2) is 5.70. The van der Waals surface area contributed by atoms with Gasteiger partial charge in [-0.3, -0.25) is 10.6 Å². The predicted octanol–water partition coefficient (Wildman–Crippen LogP) is 2.39. The lowest BCUT2D eigenvalue weighted by Gasteiger charge is -2.33. The van der Waals surface area contributed by atoms with Crippen LogP contribution in [0, 0.1) is 5.92 Å². The Morgan fingerprint density at radius 2 is 1.75 bits per heavy atom. The highest BCUT2D eigenvalue weighted by Gasteiger charge is 2.41. The van der Waals surface area contributed by atoms with Gasteiger partial charge in [0.25, 0.3) is 5.91 Å². The highest BCUT2D eigenvalue weighted by molar-refractivity contribution is 5.94. The monoisotopic (exact) mass is 287 g/mol. The van der Waals surface area contributed by atoms with Crippen molar-refractivity contribution in [3.05, 3.63) is 29.8 Å². The van der Waals surface area contributed by atoms with Crippen molar-refractivity contribution in [3.8, 4) is 0 Å². The number of benzene rings is 1. The van der Waals surface area contributed by atoms with Crippen LogP contribution >= 0.6 is 0 Å². The maximum absolute atomic E-state index is 12.6. The molecule has 0 aromatic heterocycles. The molecule has 20 heavy (non-hydrogen) atoms. The lowest BCUT2D eigenvalue weighted by molar-refractivity contribution is -0.183. The van der Waals surface area contributed by atoms with Crippen LogP contribution < -0.4 is 11.3 Å². The summed E-state index contributed by atoms with van der Waals surface area (Å²) in [6, 6.07) is 6.51. The molecule has 0 spiro atoms. The van der Waals surface area contributed by atoms with E-state index in [9.17, 15) is 18.0 Å². The molecule has 0 atom stereocenters. The number of anilines is 1. The predicted molar refractivity (Wildman–Crippen MR) is 68.9 cm³/mol. The van der Waals surface area contributed by atoms with Crippen LogP contribution in [0.5, 0.6) is 0 Å². The molecule has 0 saturated carbocycles. The van der Waals surface area contributed by atoms with Crippen LogP contribution in [-0.2, 0) is 0 Å². The number of carbonyl (C=O) groups excluding carboxylic acids is 1. The average molecular weight is 287 g/mol. The Bertz CT molecular complexity index is 465. The number of likely N-dealkylation sites (tertiary alicyclic amines) is 1. The van der Waals surface area contributed by atoms with E-state index in [1.54, 1.807) is 24.3 Å². The maximum atomic E-state index is 12.6. The molecule has 1 fully saturated rings. The molecule has 1 aliphatic heterocycles. The zero-order valence-corrected chi connectivity index (χ0v) is 10.8. The van der Waals surface area contributed by atoms with Crippen molar-refractivity contribution in [2.24, 2.45) is 11.8 Å². The minimum Gasteiger partial charge on any atom is -0.339 e. The van der Waals surface area contributed by atoms with Gasteiger partial charge in [0.05, 0.1) is 5.92 Å². The first-order valence-corrected chi connectivity index (χ1v) is 6.34. The number of piperidine rings is 1. The lowest BCUT2D eigenvalue weighted by Crippen LogP contribution is -2.42. The van der Waals surface area contributed by atoms with E-state index >= 15 is 0 Å². The molecule has 1 aromatic rings. The normalized spacial score (nSPS) is 17.1. The van der Waals surface area contributed by atoms with Gasteiger partial charge in [-0.15, -0.1) is 0 Å². The molecule has 0 bridgehead atoms. The Kier molecular flexibility index (Phi) is 4.17. The third kappa shape index (κ3) is 3.22. The van der Waals surface area contributed by atoms with Crippen LogP contribution in [0.25, 0.3) is 0 Å². The first-order chi connectivity index (χ1) is 9.41. The van der Waals surface area contributed by atoms with E-state index in [1.165, 1.54) is 4.90 Å². The molecule has 3 N–H and O–H groups in total. The minimum atomic E-state index is -4.16. The van der Waals surface area contributed by atoms with Gasteiger partial charge in [-0.2, -0.15) is 13.2 Å². The molecule has 1 saturated heterocycles. The van der Waals surface area contributed by atoms with E-state index in [4.69, 9.17) is 5.84 Å². The summed E-state index contributed by atoms with van der Waals surface area (Å²) in [5.74, 6) is 3.69. The fraction of sp³-hybridized carbons (Fsp3) is 0.462. The first-order valence-electron chi connectivity index (χ1n) is 6.34. The fourth-order valence-corrected chi connectivity index (χ4v) is 2.30. The molecule has 0 aliphatic carbocycles. The average Bonchev–Trinajstić information content (AvgIpc) is 2.46. The summed E-state index contributed by atoms with van der Waals surface area (Å²) in [4.78, 5) is 13.6. The second-order valence-electron chi connectivity index (χ2n) is 4.83. The van der Waals surface area contributed by atoms with Crippen molar-refractivity contribution in [1.82, 2.24) is 4.90 Å². The summed E-state index contributed by atoms with van der Waals surface area (Å²) in [7, 11) is 0. The highest BCUT2D eigenvalue weighted by atomic mass is 19.4. The van der Waals surface area contributed by atoms with Crippen molar-refractivity contribution in [2.75, 3.05) is 18.5 Å². The number of nitrogens with zero attached hydrogens (tertiary/aromatic N) is 1. The summed E-state index contributed by atoms with van der Waals surface area (Å²) >= 11 is 0. The molecule has 7 heteroatoms. The van der Waals surface area contributed by atoms with Crippen molar-refractivity contribution in [2.45, 2.75) is 19.0 Å². The van der Waals surface area contributed by atoms with Gasteiger partial charge in [0.15, 0.2) is 0 Å². The number of nitrogens with two attached hydrogens (primary N) is 1. The number of hydrogen-bond acceptors (Lipinski definition) is 3. The molecule has 2 rings (SSSR count). The van der Waals surface area contributed by atoms with Crippen LogP contribution in [-0.4, -0.2) is 30.1 Å². The van der Waals surface area contributed by atoms with Crippen LogP contribution in [0.4, 0.5) is 18.9 Å². The number of halogens is 3. The quantitative estimate of drug-likeness (QED) is 0.648. The van der Waals surface area contributed by atoms with Gasteiger partial charge in [-0.05, 0) is 37.1 Å². The summed E-state index contributed by atoms with van der Waals surface area (Å²) < 4.78 is 37.7. The zero-order chi connectivity index (χ0) is 14.8. The van der Waals surface area contributed by atoms with Crippen molar-refractivity contribution in [3.63, 3.8) is 0 Å². The Labute approximate surface area is 114 Å². The molecule has 1 aliphatic rings. The molecule has 1 heterocycles. The van der Waals surface area contributed by atoms with Gasteiger partial charge >= 0.3 is 6.18 Å². The first kappa shape index (κ1) is 14.6. The number of rotatable bonds is 2. The van der Waals surface area contributed by atoms with Crippen LogP contribution in [0.1, 0.15) is 23.2 Å². The number of hydrogen-bond donors (Lipinski definition) is 2. The molecule has 4 nitrogen and oxygen atoms in total. The SMILES string of the molecule is NNc1ccc(C(=O)N2CCC(C(F)(F)F)CC2)cc1. The van der Waals surface area contributed by atoms with Crippen molar-refractivity contribution in [1.29, 1.82) is 0 Å². The topological polar surface area (TPSA) is 58.4 Å². The summed E-state index contributed by atoms with van der Waals surface area (Å²) in [5.41, 5.74) is 3.56. The number of hydrazine groups is 1. The zero-order valence-electron chi connectivity index (χ0n) is 10.8. The molecule has 1 amide bonds. The number of nitrogen functional groups attached to an aromatic ring is 1. The van der Waals surface area contributed by atoms with Crippen LogP contribution in [0.2, 0.25) is 0 Å². The van der Waals surface area contributed by atoms with E-state index in [-0.39, 0.29) is 31.8 Å². The van der Waals surface area contributed by atoms with E-state index in [0.29, 0.717) is 11.3 Å². The molecule has 0 unspecified atom stereocenters. The van der Waals surface area contributed by atoms with Crippen LogP contribution in [0.15, 0.2) is 24.3 Å². The maximum Gasteiger partial charge on any atom is 0.391 e. The Balaban J connectivity index is 1.97. The fourth-order valence-electron chi connectivity index (χ4n) is 2.30. The number of amides is 1. The van der Waals surface area contributed by atoms with Crippen molar-refractivity contribution >= 4 is 11.6 Å². The highest BCUT2D eigenvalue weighted by Crippen LogP contribution is 2.34. The Hall–Kier alpha value is -1.76. The third-order valence-electron chi connectivity index (χ3n) is 3.54. The summed E-state index contributed by atoms with van der Waals surface area (Å²) in [6.45, 7) is 0.278. The lowest BCUT2D eigenvalue weighted by atomic mass is 9.96. The van der Waals surface area contributed by atoms with Gasteiger partial charge in [0, 0.05) is 24.3 Å². The molecule has 110 valence electrons. The molecular formula is C13H16F3N3O. The van der Waals surface area contributed by atoms with E-state index < -0.39 is 12.1 Å². The largest absolute Gasteiger partial charge is 0.391 e. The van der Waals surface area contributed by atoms with Crippen LogP contribution in [0.3, 0.4) is 0 Å². The third-order valence-corrected chi connectivity index (χ3v) is 3.54. The minimum absolute atomic E-state index is 0.0301. The Morgan fingerprint density at radius 3 is 2.20 bits per heavy atom. The second-order valence-corrected chi connectivity index (χ2v) is 4.83. The van der Waals surface area contributed by atoms with E-state index in [1.807, 2.05) is 0 Å². The van der Waals surface area contributed by atoms with Crippen molar-refractivity contribution < 1.29 is 18.0 Å². The van der Waals surface area contributed by atoms with Gasteiger partial charge < -0.3 is 10.3 Å². The van der Waals surface area contributed by atoms with E-state index in [0.717, 1.165) is 0 Å². The smallest absolute Gasteiger partial charge is 0.339 e. The van der Waals surface area contributed by atoms with Gasteiger partial charge in [0.1, 0.15) is 0 Å². The molecule has 1 aromatic carbocycles. The van der Waals surface area contributed by atoms with Gasteiger partial charge in [-0.25, -0.2) is 0 Å². The molecular weight excluding hydrogens is 271 g/mol. The number of alkyl halides is 3. The van der Waals surface area contributed by atoms with Gasteiger partial charge in [-0.1, -0.05) is 0 Å². The standard InChI is InChI=1S/C13H16F3N3O/c14-13(15,16)10-5-7-19(8-6-10)12(20)9-1-3-11(18-17)4-2-9/h1-4,10,18H,5-8,17H2. The number of carbonyl (C=O) groups is 1.